The van der Waals surface area contributed by atoms with Crippen molar-refractivity contribution in [2.75, 3.05) is 27.8 Å². The number of nitrogens with one attached hydrogen (secondary N) is 1. The number of amides is 1. The monoisotopic (exact) mass is 411 g/mol. The van der Waals surface area contributed by atoms with Crippen molar-refractivity contribution in [2.45, 2.75) is 19.4 Å². The van der Waals surface area contributed by atoms with E-state index in [0.717, 1.165) is 5.56 Å². The van der Waals surface area contributed by atoms with E-state index >= 15 is 0 Å². The predicted molar refractivity (Wildman–Crippen MR) is 114 cm³/mol. The molecule has 2 aromatic carbocycles. The van der Waals surface area contributed by atoms with E-state index in [-0.39, 0.29) is 18.9 Å². The molecule has 8 heteroatoms. The van der Waals surface area contributed by atoms with Gasteiger partial charge in [-0.2, -0.15) is 0 Å². The number of carbonyl (C=O) groups excluding carboxylic acids is 1. The van der Waals surface area contributed by atoms with Gasteiger partial charge in [0.05, 0.1) is 25.1 Å². The second-order valence-corrected chi connectivity index (χ2v) is 6.93. The summed E-state index contributed by atoms with van der Waals surface area (Å²) in [5.74, 6) is 1.22. The fraction of sp³-hybridized carbons (Fsp3) is 0.318. The van der Waals surface area contributed by atoms with E-state index in [1.165, 1.54) is 4.57 Å². The highest BCUT2D eigenvalue weighted by molar-refractivity contribution is 5.78. The fourth-order valence-corrected chi connectivity index (χ4v) is 3.32. The predicted octanol–water partition coefficient (Wildman–Crippen LogP) is 1.80. The number of aryl methyl sites for hydroxylation is 1. The molecule has 0 aliphatic rings. The number of methoxy groups -OCH3 is 2. The average Bonchev–Trinajstić information content (AvgIpc) is 2.76. The lowest BCUT2D eigenvalue weighted by Gasteiger charge is -2.18. The van der Waals surface area contributed by atoms with Crippen LogP contribution < -0.4 is 20.7 Å². The molecule has 0 spiro atoms. The molecule has 1 aromatic heterocycles. The van der Waals surface area contributed by atoms with Gasteiger partial charge in [0.25, 0.3) is 5.56 Å². The third-order valence-corrected chi connectivity index (χ3v) is 5.06. The molecule has 1 N–H and O–H groups in total. The molecule has 0 unspecified atom stereocenters. The van der Waals surface area contributed by atoms with Gasteiger partial charge in [-0.25, -0.2) is 4.79 Å². The highest BCUT2D eigenvalue weighted by atomic mass is 16.5. The van der Waals surface area contributed by atoms with Gasteiger partial charge in [-0.15, -0.1) is 0 Å². The first-order valence-electron chi connectivity index (χ1n) is 9.61. The number of hydrogen-bond acceptors (Lipinski definition) is 5. The summed E-state index contributed by atoms with van der Waals surface area (Å²) >= 11 is 0. The largest absolute Gasteiger partial charge is 0.493 e. The van der Waals surface area contributed by atoms with Gasteiger partial charge in [0.1, 0.15) is 0 Å². The summed E-state index contributed by atoms with van der Waals surface area (Å²) in [6.45, 7) is 0.714. The molecule has 0 saturated carbocycles. The zero-order chi connectivity index (χ0) is 21.7. The Hall–Kier alpha value is -3.55. The van der Waals surface area contributed by atoms with Gasteiger partial charge in [0.15, 0.2) is 11.5 Å². The van der Waals surface area contributed by atoms with Crippen LogP contribution in [0.3, 0.4) is 0 Å². The second kappa shape index (κ2) is 9.30. The molecule has 0 aliphatic heterocycles. The van der Waals surface area contributed by atoms with Crippen LogP contribution in [0.5, 0.6) is 11.5 Å². The number of ether oxygens (including phenoxy) is 2. The maximum atomic E-state index is 12.6. The molecule has 0 bridgehead atoms. The SMILES string of the molecule is COc1ccc(CCN(C)C(=O)CCn2c(=O)[nH]c(=O)c3ccccc32)cc1OC. The lowest BCUT2D eigenvalue weighted by Crippen LogP contribution is -2.33. The maximum Gasteiger partial charge on any atom is 0.328 e. The minimum atomic E-state index is -0.514. The first kappa shape index (κ1) is 21.2. The van der Waals surface area contributed by atoms with Crippen LogP contribution in [0, 0.1) is 0 Å². The quantitative estimate of drug-likeness (QED) is 0.610. The van der Waals surface area contributed by atoms with Crippen LogP contribution in [0.2, 0.25) is 0 Å². The number of carbonyl (C=O) groups is 1. The van der Waals surface area contributed by atoms with Crippen molar-refractivity contribution in [2.24, 2.45) is 0 Å². The van der Waals surface area contributed by atoms with Gasteiger partial charge < -0.3 is 14.4 Å². The third-order valence-electron chi connectivity index (χ3n) is 5.06. The summed E-state index contributed by atoms with van der Waals surface area (Å²) in [5, 5.41) is 0.423. The highest BCUT2D eigenvalue weighted by Crippen LogP contribution is 2.27. The summed E-state index contributed by atoms with van der Waals surface area (Å²) < 4.78 is 12.0. The van der Waals surface area contributed by atoms with Crippen LogP contribution in [0.15, 0.2) is 52.1 Å². The Kier molecular flexibility index (Phi) is 6.56. The van der Waals surface area contributed by atoms with E-state index in [4.69, 9.17) is 9.47 Å². The van der Waals surface area contributed by atoms with Crippen molar-refractivity contribution < 1.29 is 14.3 Å². The van der Waals surface area contributed by atoms with Gasteiger partial charge in [0, 0.05) is 26.6 Å². The minimum absolute atomic E-state index is 0.0855. The zero-order valence-corrected chi connectivity index (χ0v) is 17.3. The molecule has 30 heavy (non-hydrogen) atoms. The van der Waals surface area contributed by atoms with Crippen LogP contribution in [0.4, 0.5) is 0 Å². The second-order valence-electron chi connectivity index (χ2n) is 6.93. The first-order valence-corrected chi connectivity index (χ1v) is 9.61. The van der Waals surface area contributed by atoms with E-state index < -0.39 is 11.2 Å². The number of H-pyrrole nitrogens is 1. The summed E-state index contributed by atoms with van der Waals surface area (Å²) in [6, 6.07) is 12.5. The molecule has 0 saturated heterocycles. The first-order chi connectivity index (χ1) is 14.4. The lowest BCUT2D eigenvalue weighted by molar-refractivity contribution is -0.130. The number of nitrogens with zero attached hydrogens (tertiary/aromatic N) is 2. The van der Waals surface area contributed by atoms with E-state index in [0.29, 0.717) is 35.4 Å². The molecule has 1 amide bonds. The minimum Gasteiger partial charge on any atom is -0.493 e. The van der Waals surface area contributed by atoms with Gasteiger partial charge >= 0.3 is 5.69 Å². The number of rotatable bonds is 8. The van der Waals surface area contributed by atoms with E-state index in [1.807, 2.05) is 18.2 Å². The number of aromatic amines is 1. The number of likely N-dealkylation sites (N-methyl/N-ethyl adjacent to an activating group) is 1. The van der Waals surface area contributed by atoms with Crippen LogP contribution in [-0.4, -0.2) is 48.2 Å². The number of hydrogen-bond donors (Lipinski definition) is 1. The number of aromatic nitrogens is 2. The Labute approximate surface area is 173 Å². The molecule has 0 aliphatic carbocycles. The summed E-state index contributed by atoms with van der Waals surface area (Å²) in [6.07, 6.45) is 0.808. The van der Waals surface area contributed by atoms with Crippen LogP contribution in [0.1, 0.15) is 12.0 Å². The van der Waals surface area contributed by atoms with Gasteiger partial charge in [-0.3, -0.25) is 19.1 Å². The molecule has 0 radical (unpaired) electrons. The molecule has 8 nitrogen and oxygen atoms in total. The molecule has 158 valence electrons. The molecular weight excluding hydrogens is 386 g/mol. The molecule has 3 aromatic rings. The molecule has 3 rings (SSSR count). The standard InChI is InChI=1S/C22H25N3O5/c1-24(12-10-15-8-9-18(29-2)19(14-15)30-3)20(26)11-13-25-17-7-5-4-6-16(17)21(27)23-22(25)28/h4-9,14H,10-13H2,1-3H3,(H,23,27,28). The van der Waals surface area contributed by atoms with Crippen molar-refractivity contribution in [1.82, 2.24) is 14.5 Å². The number of fused-ring (bicyclic) bond motifs is 1. The maximum absolute atomic E-state index is 12.6. The number of para-hydroxylation sites is 1. The van der Waals surface area contributed by atoms with Gasteiger partial charge in [0.2, 0.25) is 5.91 Å². The van der Waals surface area contributed by atoms with Crippen LogP contribution >= 0.6 is 0 Å². The van der Waals surface area contributed by atoms with Crippen LogP contribution in [-0.2, 0) is 17.8 Å². The summed E-state index contributed by atoms with van der Waals surface area (Å²) in [4.78, 5) is 40.7. The molecule has 0 fully saturated rings. The Morgan fingerprint density at radius 2 is 1.80 bits per heavy atom. The average molecular weight is 411 g/mol. The Morgan fingerprint density at radius 1 is 1.07 bits per heavy atom. The smallest absolute Gasteiger partial charge is 0.328 e. The molecule has 0 atom stereocenters. The van der Waals surface area contributed by atoms with Gasteiger partial charge in [-0.05, 0) is 36.2 Å². The third kappa shape index (κ3) is 4.53. The molecular formula is C22H25N3O5. The Bertz CT molecular complexity index is 1170. The van der Waals surface area contributed by atoms with Crippen molar-refractivity contribution in [3.8, 4) is 11.5 Å². The fourth-order valence-electron chi connectivity index (χ4n) is 3.32. The van der Waals surface area contributed by atoms with Crippen molar-refractivity contribution >= 4 is 16.8 Å². The molecule has 1 heterocycles. The van der Waals surface area contributed by atoms with E-state index in [2.05, 4.69) is 4.98 Å². The summed E-state index contributed by atoms with van der Waals surface area (Å²) in [7, 11) is 4.90. The van der Waals surface area contributed by atoms with Gasteiger partial charge in [-0.1, -0.05) is 18.2 Å². The zero-order valence-electron chi connectivity index (χ0n) is 17.3. The highest BCUT2D eigenvalue weighted by Gasteiger charge is 2.13. The van der Waals surface area contributed by atoms with E-state index in [1.54, 1.807) is 50.4 Å². The van der Waals surface area contributed by atoms with Crippen molar-refractivity contribution in [3.05, 3.63) is 68.9 Å². The van der Waals surface area contributed by atoms with Crippen LogP contribution in [0.25, 0.3) is 10.9 Å². The van der Waals surface area contributed by atoms with E-state index in [9.17, 15) is 14.4 Å². The topological polar surface area (TPSA) is 93.6 Å². The Morgan fingerprint density at radius 3 is 2.53 bits per heavy atom. The number of benzene rings is 2. The van der Waals surface area contributed by atoms with Crippen molar-refractivity contribution in [1.29, 1.82) is 0 Å². The normalized spacial score (nSPS) is 10.8. The van der Waals surface area contributed by atoms with Crippen molar-refractivity contribution in [3.63, 3.8) is 0 Å². The summed E-state index contributed by atoms with van der Waals surface area (Å²) in [5.41, 5.74) is 0.604. The Balaban J connectivity index is 1.64. The lowest BCUT2D eigenvalue weighted by atomic mass is 10.1.